The van der Waals surface area contributed by atoms with Gasteiger partial charge in [-0.1, -0.05) is 54.6 Å². The standard InChI is InChI=1S/C32H26N4O3/c1-19-7-6-10-25(20(19)2)38-17-27-34-31-30-28(22-11-14-23(37-3)15-12-22)29-24-9-5-4-8-21(24)13-16-26(29)39-32(30)33-18-36(31)35-27/h4-16,18,28H,17H2,1-3H3/t28-/m0/s1. The Hall–Kier alpha value is -4.91. The van der Waals surface area contributed by atoms with Crippen LogP contribution in [0.4, 0.5) is 0 Å². The fraction of sp³-hybridized carbons (Fsp3) is 0.156. The maximum absolute atomic E-state index is 6.41. The minimum atomic E-state index is -0.172. The van der Waals surface area contributed by atoms with E-state index < -0.39 is 0 Å². The smallest absolute Gasteiger partial charge is 0.228 e. The van der Waals surface area contributed by atoms with E-state index in [9.17, 15) is 0 Å². The zero-order valence-corrected chi connectivity index (χ0v) is 21.9. The van der Waals surface area contributed by atoms with Gasteiger partial charge >= 0.3 is 0 Å². The Morgan fingerprint density at radius 3 is 2.59 bits per heavy atom. The highest BCUT2D eigenvalue weighted by Gasteiger charge is 2.34. The molecular formula is C32H26N4O3. The molecule has 1 atom stereocenters. The highest BCUT2D eigenvalue weighted by Crippen LogP contribution is 2.50. The van der Waals surface area contributed by atoms with Crippen LogP contribution in [0.25, 0.3) is 16.4 Å². The molecule has 7 rings (SSSR count). The molecule has 7 nitrogen and oxygen atoms in total. The molecule has 0 N–H and O–H groups in total. The van der Waals surface area contributed by atoms with Crippen LogP contribution in [0.5, 0.6) is 23.1 Å². The van der Waals surface area contributed by atoms with Crippen molar-refractivity contribution in [3.8, 4) is 23.1 Å². The number of nitrogens with zero attached hydrogens (tertiary/aromatic N) is 4. The van der Waals surface area contributed by atoms with E-state index in [0.29, 0.717) is 17.4 Å². The Labute approximate surface area is 225 Å². The number of ether oxygens (including phenoxy) is 3. The third kappa shape index (κ3) is 3.85. The zero-order chi connectivity index (χ0) is 26.5. The lowest BCUT2D eigenvalue weighted by Crippen LogP contribution is -2.15. The molecule has 192 valence electrons. The van der Waals surface area contributed by atoms with Crippen molar-refractivity contribution in [1.29, 1.82) is 0 Å². The Balaban J connectivity index is 1.39. The summed E-state index contributed by atoms with van der Waals surface area (Å²) in [5.41, 5.74) is 6.02. The molecule has 0 spiro atoms. The first-order valence-corrected chi connectivity index (χ1v) is 12.9. The topological polar surface area (TPSA) is 70.8 Å². The van der Waals surface area contributed by atoms with Gasteiger partial charge in [0.05, 0.1) is 12.7 Å². The van der Waals surface area contributed by atoms with Gasteiger partial charge in [-0.2, -0.15) is 0 Å². The summed E-state index contributed by atoms with van der Waals surface area (Å²) in [6.45, 7) is 4.37. The first kappa shape index (κ1) is 23.2. The van der Waals surface area contributed by atoms with E-state index in [4.69, 9.17) is 24.3 Å². The molecule has 0 amide bonds. The lowest BCUT2D eigenvalue weighted by molar-refractivity contribution is 0.294. The average molecular weight is 515 g/mol. The third-order valence-electron chi connectivity index (χ3n) is 7.51. The van der Waals surface area contributed by atoms with Crippen molar-refractivity contribution < 1.29 is 14.2 Å². The molecule has 2 aromatic heterocycles. The van der Waals surface area contributed by atoms with Crippen LogP contribution in [0.1, 0.15) is 39.6 Å². The van der Waals surface area contributed by atoms with Crippen LogP contribution >= 0.6 is 0 Å². The normalized spacial score (nSPS) is 14.1. The van der Waals surface area contributed by atoms with E-state index in [2.05, 4.69) is 67.4 Å². The summed E-state index contributed by atoms with van der Waals surface area (Å²) in [5, 5.41) is 6.97. The molecule has 0 aliphatic carbocycles. The second-order valence-corrected chi connectivity index (χ2v) is 9.75. The molecule has 0 radical (unpaired) electrons. The number of rotatable bonds is 5. The van der Waals surface area contributed by atoms with Crippen LogP contribution in [0.3, 0.4) is 0 Å². The molecule has 1 aliphatic rings. The zero-order valence-electron chi connectivity index (χ0n) is 21.9. The van der Waals surface area contributed by atoms with Crippen molar-refractivity contribution in [2.24, 2.45) is 0 Å². The summed E-state index contributed by atoms with van der Waals surface area (Å²) in [6.07, 6.45) is 1.65. The van der Waals surface area contributed by atoms with Crippen LogP contribution in [-0.4, -0.2) is 26.7 Å². The van der Waals surface area contributed by atoms with Crippen molar-refractivity contribution in [2.75, 3.05) is 7.11 Å². The second-order valence-electron chi connectivity index (χ2n) is 9.75. The van der Waals surface area contributed by atoms with E-state index in [0.717, 1.165) is 50.3 Å². The summed E-state index contributed by atoms with van der Waals surface area (Å²) in [5.74, 6) is 3.34. The molecule has 7 heteroatoms. The van der Waals surface area contributed by atoms with E-state index in [1.165, 1.54) is 5.56 Å². The Morgan fingerprint density at radius 1 is 0.897 bits per heavy atom. The predicted octanol–water partition coefficient (Wildman–Crippen LogP) is 6.77. The fourth-order valence-corrected chi connectivity index (χ4v) is 5.36. The van der Waals surface area contributed by atoms with Crippen LogP contribution in [0.2, 0.25) is 0 Å². The molecule has 3 heterocycles. The first-order valence-electron chi connectivity index (χ1n) is 12.9. The number of hydrogen-bond acceptors (Lipinski definition) is 6. The van der Waals surface area contributed by atoms with Gasteiger partial charge in [-0.05, 0) is 65.6 Å². The lowest BCUT2D eigenvalue weighted by atomic mass is 9.81. The quantitative estimate of drug-likeness (QED) is 0.253. The Bertz CT molecular complexity index is 1860. The van der Waals surface area contributed by atoms with Crippen LogP contribution < -0.4 is 14.2 Å². The van der Waals surface area contributed by atoms with E-state index in [1.54, 1.807) is 18.0 Å². The molecule has 0 saturated heterocycles. The molecule has 1 aliphatic heterocycles. The van der Waals surface area contributed by atoms with Gasteiger partial charge in [0.1, 0.15) is 30.2 Å². The number of benzene rings is 4. The number of aromatic nitrogens is 4. The molecule has 0 fully saturated rings. The maximum Gasteiger partial charge on any atom is 0.228 e. The van der Waals surface area contributed by atoms with Crippen molar-refractivity contribution in [1.82, 2.24) is 19.6 Å². The minimum Gasteiger partial charge on any atom is -0.497 e. The highest BCUT2D eigenvalue weighted by atomic mass is 16.5. The fourth-order valence-electron chi connectivity index (χ4n) is 5.36. The van der Waals surface area contributed by atoms with Gasteiger partial charge < -0.3 is 14.2 Å². The van der Waals surface area contributed by atoms with Gasteiger partial charge in [0.15, 0.2) is 11.5 Å². The van der Waals surface area contributed by atoms with Crippen molar-refractivity contribution in [2.45, 2.75) is 26.4 Å². The van der Waals surface area contributed by atoms with Crippen molar-refractivity contribution >= 4 is 16.4 Å². The Morgan fingerprint density at radius 2 is 1.74 bits per heavy atom. The summed E-state index contributed by atoms with van der Waals surface area (Å²) in [6, 6.07) is 26.7. The number of fused-ring (bicyclic) bond motifs is 6. The summed E-state index contributed by atoms with van der Waals surface area (Å²) >= 11 is 0. The molecule has 0 bridgehead atoms. The van der Waals surface area contributed by atoms with Crippen LogP contribution in [-0.2, 0) is 6.61 Å². The second kappa shape index (κ2) is 9.13. The molecule has 6 aromatic rings. The Kier molecular flexibility index (Phi) is 5.44. The van der Waals surface area contributed by atoms with Crippen molar-refractivity contribution in [3.05, 3.63) is 119 Å². The number of aryl methyl sites for hydroxylation is 1. The third-order valence-corrected chi connectivity index (χ3v) is 7.51. The van der Waals surface area contributed by atoms with E-state index >= 15 is 0 Å². The molecule has 4 aromatic carbocycles. The largest absolute Gasteiger partial charge is 0.497 e. The number of hydrogen-bond donors (Lipinski definition) is 0. The van der Waals surface area contributed by atoms with Gasteiger partial charge in [0, 0.05) is 11.5 Å². The highest BCUT2D eigenvalue weighted by molar-refractivity contribution is 5.90. The van der Waals surface area contributed by atoms with E-state index in [-0.39, 0.29) is 12.5 Å². The van der Waals surface area contributed by atoms with E-state index in [1.807, 2.05) is 30.3 Å². The van der Waals surface area contributed by atoms with Gasteiger partial charge in [0.25, 0.3) is 0 Å². The number of methoxy groups -OCH3 is 1. The summed E-state index contributed by atoms with van der Waals surface area (Å²) in [4.78, 5) is 9.60. The van der Waals surface area contributed by atoms with Crippen molar-refractivity contribution in [3.63, 3.8) is 0 Å². The summed E-state index contributed by atoms with van der Waals surface area (Å²) in [7, 11) is 1.67. The average Bonchev–Trinajstić information content (AvgIpc) is 3.40. The van der Waals surface area contributed by atoms with Gasteiger partial charge in [-0.15, -0.1) is 5.10 Å². The van der Waals surface area contributed by atoms with Crippen LogP contribution in [0, 0.1) is 13.8 Å². The van der Waals surface area contributed by atoms with Gasteiger partial charge in [0.2, 0.25) is 5.88 Å². The monoisotopic (exact) mass is 514 g/mol. The predicted molar refractivity (Wildman–Crippen MR) is 149 cm³/mol. The molecule has 0 saturated carbocycles. The lowest BCUT2D eigenvalue weighted by Gasteiger charge is -2.29. The van der Waals surface area contributed by atoms with Gasteiger partial charge in [-0.3, -0.25) is 0 Å². The molecular weight excluding hydrogens is 488 g/mol. The first-order chi connectivity index (χ1) is 19.1. The summed E-state index contributed by atoms with van der Waals surface area (Å²) < 4.78 is 19.7. The van der Waals surface area contributed by atoms with Gasteiger partial charge in [-0.25, -0.2) is 14.5 Å². The minimum absolute atomic E-state index is 0.172. The molecule has 39 heavy (non-hydrogen) atoms. The molecule has 0 unspecified atom stereocenters. The van der Waals surface area contributed by atoms with Crippen LogP contribution in [0.15, 0.2) is 85.2 Å². The SMILES string of the molecule is COc1ccc([C@H]2c3c(ccc4ccccc34)Oc3ncn4nc(COc5cccc(C)c5C)nc4c32)cc1. The maximum atomic E-state index is 6.41.